The van der Waals surface area contributed by atoms with E-state index in [1.54, 1.807) is 67.5 Å². The van der Waals surface area contributed by atoms with E-state index in [1.165, 1.54) is 49.7 Å². The maximum atomic E-state index is 15.6. The molecule has 15 nitrogen and oxygen atoms in total. The van der Waals surface area contributed by atoms with Crippen molar-refractivity contribution in [3.05, 3.63) is 117 Å². The number of nitrogens with zero attached hydrogens (tertiary/aromatic N) is 7. The van der Waals surface area contributed by atoms with E-state index in [1.807, 2.05) is 0 Å². The topological polar surface area (TPSA) is 163 Å². The second-order valence-corrected chi connectivity index (χ2v) is 26.7. The van der Waals surface area contributed by atoms with E-state index >= 15 is 17.6 Å². The van der Waals surface area contributed by atoms with E-state index in [0.717, 1.165) is 30.2 Å². The van der Waals surface area contributed by atoms with Crippen molar-refractivity contribution >= 4 is 76.3 Å². The fourth-order valence-corrected chi connectivity index (χ4v) is 11.4. The molecule has 7 rings (SSSR count). The summed E-state index contributed by atoms with van der Waals surface area (Å²) in [6.45, 7) is 11.7. The van der Waals surface area contributed by atoms with E-state index in [4.69, 9.17) is 30.2 Å². The molecule has 84 heavy (non-hydrogen) atoms. The summed E-state index contributed by atoms with van der Waals surface area (Å²) in [6.07, 6.45) is -9.56. The first kappa shape index (κ1) is 65.4. The van der Waals surface area contributed by atoms with E-state index in [2.05, 4.69) is 27.4 Å². The molecule has 3 amide bonds. The molecule has 0 bridgehead atoms. The Kier molecular flexibility index (Phi) is 18.9. The van der Waals surface area contributed by atoms with Gasteiger partial charge in [0.1, 0.15) is 51.8 Å². The van der Waals surface area contributed by atoms with Gasteiger partial charge in [0.05, 0.1) is 44.6 Å². The molecule has 0 spiro atoms. The van der Waals surface area contributed by atoms with Crippen molar-refractivity contribution in [2.45, 2.75) is 134 Å². The Morgan fingerprint density at radius 3 is 2.06 bits per heavy atom. The SMILES string of the molecule is C[C@H]1CC(F)(F)c2c1c(C(F)(F)F)nn2CC(=O)NC(Cc1cc(F)cc(F)c1)c1nc(C#CC(C)(C)S(C)=O)ccc1-c1ccc(Cl)c2c(N(C(=O)N(C)c3ccccc3OP(OC(C)(C)C)OC(C)(C)C)S(C)=O)nn(CC(F)(F)F)c12. The molecule has 0 saturated heterocycles. The number of benzene rings is 3. The van der Waals surface area contributed by atoms with Crippen LogP contribution in [-0.2, 0) is 67.2 Å². The highest BCUT2D eigenvalue weighted by Crippen LogP contribution is 2.53. The lowest BCUT2D eigenvalue weighted by Gasteiger charge is -2.31. The largest absolute Gasteiger partial charge is 0.435 e. The summed E-state index contributed by atoms with van der Waals surface area (Å²) in [7, 11) is -4.95. The number of pyridine rings is 1. The maximum absolute atomic E-state index is 15.6. The van der Waals surface area contributed by atoms with E-state index in [-0.39, 0.29) is 49.2 Å². The van der Waals surface area contributed by atoms with Gasteiger partial charge in [-0.2, -0.15) is 49.6 Å². The predicted molar refractivity (Wildman–Crippen MR) is 300 cm³/mol. The first-order chi connectivity index (χ1) is 38.6. The number of amides is 3. The lowest BCUT2D eigenvalue weighted by molar-refractivity contribution is -0.143. The molecule has 1 N–H and O–H groups in total. The Hall–Kier alpha value is -6.17. The summed E-state index contributed by atoms with van der Waals surface area (Å²) in [6, 6.07) is 10.5. The third kappa shape index (κ3) is 15.3. The fourth-order valence-electron chi connectivity index (χ4n) is 8.98. The summed E-state index contributed by atoms with van der Waals surface area (Å²) >= 11 is 6.91. The van der Waals surface area contributed by atoms with Gasteiger partial charge in [-0.05, 0) is 122 Å². The molecule has 0 saturated carbocycles. The Morgan fingerprint density at radius 2 is 1.49 bits per heavy atom. The van der Waals surface area contributed by atoms with Gasteiger partial charge in [0.25, 0.3) is 5.92 Å². The van der Waals surface area contributed by atoms with Gasteiger partial charge in [0.15, 0.2) is 17.3 Å². The molecule has 4 atom stereocenters. The number of anilines is 2. The van der Waals surface area contributed by atoms with Gasteiger partial charge in [0.2, 0.25) is 5.91 Å². The van der Waals surface area contributed by atoms with Crippen molar-refractivity contribution in [2.75, 3.05) is 28.8 Å². The lowest BCUT2D eigenvalue weighted by Crippen LogP contribution is -2.42. The Labute approximate surface area is 488 Å². The van der Waals surface area contributed by atoms with Crippen LogP contribution in [-0.4, -0.2) is 86.6 Å². The first-order valence-electron chi connectivity index (χ1n) is 25.5. The normalized spacial score (nSPS) is 15.8. The van der Waals surface area contributed by atoms with Crippen molar-refractivity contribution in [2.24, 2.45) is 0 Å². The van der Waals surface area contributed by atoms with Crippen LogP contribution in [0.25, 0.3) is 22.0 Å². The molecule has 1 aliphatic rings. The summed E-state index contributed by atoms with van der Waals surface area (Å²) in [5.74, 6) is -3.73. The minimum Gasteiger partial charge on any atom is -0.424 e. The molecule has 3 aromatic carbocycles. The standard InChI is InChI=1S/C55H58ClF10N8O7PS2/c1-30-27-53(59,60)47-42(30)46(55(64,65)66)69-72(47)28-41(75)68-38(25-31-23-32(57)26-33(58)24-31)44-35(18-17-34(67-44)21-22-52(8,9)83(11)77)36-19-20-37(56)43-45(36)73(29-54(61,62)63)70-48(43)74(84(12)78)49(76)71(10)39-15-13-14-16-40(39)79-82(80-50(2,3)4)81-51(5,6)7/h13-20,23-24,26,30,38H,25,27-29H2,1-12H3,(H,68,75)/t30-,38?,83?,84?/m0/s1. The van der Waals surface area contributed by atoms with Crippen molar-refractivity contribution < 1.29 is 75.5 Å². The second-order valence-electron chi connectivity index (χ2n) is 22.2. The van der Waals surface area contributed by atoms with Crippen LogP contribution in [0.3, 0.4) is 0 Å². The Bertz CT molecular complexity index is 3590. The van der Waals surface area contributed by atoms with Gasteiger partial charge in [-0.15, -0.1) is 0 Å². The zero-order valence-corrected chi connectivity index (χ0v) is 50.5. The van der Waals surface area contributed by atoms with E-state index in [0.29, 0.717) is 15.1 Å². The minimum atomic E-state index is -5.23. The number of urea groups is 1. The van der Waals surface area contributed by atoms with Gasteiger partial charge in [-0.3, -0.25) is 32.3 Å². The molecule has 6 aromatic rings. The average Bonchev–Trinajstić information content (AvgIpc) is 1.73. The van der Waals surface area contributed by atoms with Gasteiger partial charge < -0.3 is 9.84 Å². The zero-order chi connectivity index (χ0) is 62.6. The van der Waals surface area contributed by atoms with Crippen molar-refractivity contribution in [1.82, 2.24) is 29.9 Å². The van der Waals surface area contributed by atoms with Gasteiger partial charge >= 0.3 is 27.0 Å². The third-order valence-corrected chi connectivity index (χ3v) is 17.0. The van der Waals surface area contributed by atoms with Crippen LogP contribution in [0, 0.1) is 23.5 Å². The first-order valence-corrected chi connectivity index (χ1v) is 30.0. The highest BCUT2D eigenvalue weighted by molar-refractivity contribution is 7.86. The summed E-state index contributed by atoms with van der Waals surface area (Å²) in [5, 5.41) is 9.47. The molecule has 3 unspecified atom stereocenters. The third-order valence-electron chi connectivity index (χ3n) is 12.6. The average molecular weight is 1260 g/mol. The van der Waals surface area contributed by atoms with Crippen molar-refractivity contribution in [3.8, 4) is 28.7 Å². The van der Waals surface area contributed by atoms with Crippen LogP contribution in [0.1, 0.15) is 115 Å². The number of hydrogen-bond donors (Lipinski definition) is 1. The number of fused-ring (bicyclic) bond motifs is 2. The monoisotopic (exact) mass is 1260 g/mol. The quantitative estimate of drug-likeness (QED) is 0.0560. The number of nitrogens with one attached hydrogen (secondary N) is 1. The number of para-hydroxylation sites is 2. The molecular formula is C55H58ClF10N8O7PS2. The summed E-state index contributed by atoms with van der Waals surface area (Å²) < 4.78 is 194. The van der Waals surface area contributed by atoms with Crippen LogP contribution in [0.2, 0.25) is 5.02 Å². The minimum absolute atomic E-state index is 0.0389. The number of alkyl halides is 8. The molecule has 0 aliphatic heterocycles. The molecule has 3 aromatic heterocycles. The van der Waals surface area contributed by atoms with Crippen molar-refractivity contribution in [3.63, 3.8) is 0 Å². The fraction of sp³-hybridized carbons (Fsp3) is 0.436. The van der Waals surface area contributed by atoms with Crippen LogP contribution >= 0.6 is 20.2 Å². The van der Waals surface area contributed by atoms with E-state index in [9.17, 15) is 44.3 Å². The van der Waals surface area contributed by atoms with Crippen LogP contribution in [0.5, 0.6) is 5.75 Å². The van der Waals surface area contributed by atoms with Crippen LogP contribution < -0.4 is 19.0 Å². The Morgan fingerprint density at radius 1 is 0.881 bits per heavy atom. The highest BCUT2D eigenvalue weighted by atomic mass is 35.5. The van der Waals surface area contributed by atoms with Crippen LogP contribution in [0.15, 0.2) is 66.7 Å². The number of rotatable bonds is 16. The van der Waals surface area contributed by atoms with Gasteiger partial charge in [0, 0.05) is 59.5 Å². The second kappa shape index (κ2) is 24.3. The molecule has 3 heterocycles. The number of carbonyl (C=O) groups excluding carboxylic acids is 2. The highest BCUT2D eigenvalue weighted by Gasteiger charge is 2.53. The summed E-state index contributed by atoms with van der Waals surface area (Å²) in [4.78, 5) is 35.0. The maximum Gasteiger partial charge on any atom is 0.435 e. The van der Waals surface area contributed by atoms with Gasteiger partial charge in [-0.1, -0.05) is 42.6 Å². The number of carbonyl (C=O) groups is 2. The number of aromatic nitrogens is 5. The van der Waals surface area contributed by atoms with Crippen molar-refractivity contribution in [1.29, 1.82) is 0 Å². The smallest absolute Gasteiger partial charge is 0.424 e. The number of halogens is 11. The molecule has 0 radical (unpaired) electrons. The number of hydrogen-bond acceptors (Lipinski definition) is 10. The van der Waals surface area contributed by atoms with E-state index < -0.39 is 160 Å². The lowest BCUT2D eigenvalue weighted by atomic mass is 9.93. The van der Waals surface area contributed by atoms with Crippen LogP contribution in [0.4, 0.5) is 60.2 Å². The van der Waals surface area contributed by atoms with Gasteiger partial charge in [-0.25, -0.2) is 22.8 Å². The predicted octanol–water partition coefficient (Wildman–Crippen LogP) is 13.6. The molecular weight excluding hydrogens is 1210 g/mol. The Balaban J connectivity index is 1.45. The summed E-state index contributed by atoms with van der Waals surface area (Å²) in [5.41, 5.74) is -6.75. The molecule has 29 heteroatoms. The molecule has 1 aliphatic carbocycles. The zero-order valence-electron chi connectivity index (χ0n) is 47.2. The molecule has 0 fully saturated rings. The molecule has 454 valence electrons.